The van der Waals surface area contributed by atoms with Gasteiger partial charge in [-0.25, -0.2) is 4.79 Å². The summed E-state index contributed by atoms with van der Waals surface area (Å²) in [5, 5.41) is 25.2. The number of nitrogens with zero attached hydrogens (tertiary/aromatic N) is 1. The van der Waals surface area contributed by atoms with Crippen molar-refractivity contribution < 1.29 is 43.1 Å². The predicted octanol–water partition coefficient (Wildman–Crippen LogP) is 2.76. The van der Waals surface area contributed by atoms with E-state index in [2.05, 4.69) is 87.4 Å². The third kappa shape index (κ3) is 22.0. The van der Waals surface area contributed by atoms with Crippen LogP contribution in [-0.4, -0.2) is 151 Å². The summed E-state index contributed by atoms with van der Waals surface area (Å²) in [5.74, 6) is -2.33. The second kappa shape index (κ2) is 28.8. The molecule has 2 heterocycles. The van der Waals surface area contributed by atoms with Crippen molar-refractivity contribution in [3.05, 3.63) is 35.4 Å². The Morgan fingerprint density at radius 1 is 0.757 bits per heavy atom. The molecular weight excluding hydrogens is 917 g/mol. The van der Waals surface area contributed by atoms with Crippen LogP contribution in [0.4, 0.5) is 4.79 Å². The molecule has 0 radical (unpaired) electrons. The second-order valence-corrected chi connectivity index (χ2v) is 21.9. The van der Waals surface area contributed by atoms with E-state index in [-0.39, 0.29) is 42.5 Å². The Hall–Kier alpha value is -4.95. The molecule has 0 aliphatic carbocycles. The number of carbonyl (C=O) groups is 8. The lowest BCUT2D eigenvalue weighted by atomic mass is 9.87. The van der Waals surface area contributed by atoms with Crippen LogP contribution in [0.2, 0.25) is 0 Å². The van der Waals surface area contributed by atoms with Crippen molar-refractivity contribution in [3.8, 4) is 0 Å². The van der Waals surface area contributed by atoms with Crippen molar-refractivity contribution in [1.29, 1.82) is 0 Å². The molecule has 0 aromatic heterocycles. The summed E-state index contributed by atoms with van der Waals surface area (Å²) in [6, 6.07) is 5.39. The van der Waals surface area contributed by atoms with Crippen LogP contribution in [0.5, 0.6) is 0 Å². The van der Waals surface area contributed by atoms with Gasteiger partial charge in [-0.1, -0.05) is 53.2 Å². The fraction of sp³-hybridized carbons (Fsp3) is 0.720. The molecule has 0 bridgehead atoms. The quantitative estimate of drug-likeness (QED) is 0.0386. The third-order valence-electron chi connectivity index (χ3n) is 12.6. The van der Waals surface area contributed by atoms with E-state index in [1.54, 1.807) is 12.1 Å². The van der Waals surface area contributed by atoms with E-state index in [9.17, 15) is 38.4 Å². The highest BCUT2D eigenvalue weighted by Crippen LogP contribution is 2.33. The molecule has 0 saturated carbocycles. The van der Waals surface area contributed by atoms with E-state index in [1.165, 1.54) is 6.92 Å². The first-order valence-corrected chi connectivity index (χ1v) is 26.1. The minimum atomic E-state index is -1.03. The summed E-state index contributed by atoms with van der Waals surface area (Å²) in [7, 11) is 0. The van der Waals surface area contributed by atoms with Crippen molar-refractivity contribution in [3.63, 3.8) is 0 Å². The lowest BCUT2D eigenvalue weighted by molar-refractivity contribution is -0.132. The van der Waals surface area contributed by atoms with Crippen LogP contribution in [-0.2, 0) is 38.9 Å². The SMILES string of the molecule is CCN(CC)CCCC[C@H](NC(=O)CNC(=O)[C@H](C)NC(=O)CNC(=O)c1ccc(C(C)(C)C)cc1)C(=O)NCC(=O)NC(C)(C)CCOC(C)(C)CCNC(=O)CCCC[C@@H]1SCC2NC(=O)NC21. The van der Waals surface area contributed by atoms with Gasteiger partial charge in [0, 0.05) is 41.7 Å². The van der Waals surface area contributed by atoms with Gasteiger partial charge in [0.2, 0.25) is 35.4 Å². The average Bonchev–Trinajstić information content (AvgIpc) is 3.85. The summed E-state index contributed by atoms with van der Waals surface area (Å²) in [4.78, 5) is 104. The van der Waals surface area contributed by atoms with E-state index in [4.69, 9.17) is 4.74 Å². The number of ether oxygens (including phenoxy) is 1. The molecular formula is C50H84N10O9S. The van der Waals surface area contributed by atoms with Gasteiger partial charge in [0.1, 0.15) is 12.1 Å². The molecule has 1 aromatic rings. The predicted molar refractivity (Wildman–Crippen MR) is 273 cm³/mol. The van der Waals surface area contributed by atoms with Gasteiger partial charge in [-0.05, 0) is 122 Å². The number of thioether (sulfide) groups is 1. The summed E-state index contributed by atoms with van der Waals surface area (Å²) < 4.78 is 6.16. The maximum Gasteiger partial charge on any atom is 0.315 e. The van der Waals surface area contributed by atoms with Crippen LogP contribution in [0.1, 0.15) is 143 Å². The van der Waals surface area contributed by atoms with Crippen LogP contribution in [0.3, 0.4) is 0 Å². The Morgan fingerprint density at radius 2 is 1.40 bits per heavy atom. The number of fused-ring (bicyclic) bond motifs is 1. The molecule has 2 saturated heterocycles. The molecule has 19 nitrogen and oxygen atoms in total. The highest BCUT2D eigenvalue weighted by molar-refractivity contribution is 8.00. The number of hydrogen-bond acceptors (Lipinski definition) is 11. The molecule has 2 aliphatic heterocycles. The standard InChI is InChI=1S/C50H84N10O9S/c1-11-60(12-2)27-16-15-17-36(56-41(63)30-52-44(65)33(3)55-40(62)29-53-45(66)34-20-22-35(23-21-34)48(4,5)6)46(67)54-31-42(64)59-49(7,8)25-28-69-50(9,10)24-26-51-39(61)19-14-13-18-38-43-37(32-70-38)57-47(68)58-43/h20-23,33,36-38,43H,11-19,24-32H2,1-10H3,(H,51,61)(H,52,65)(H,53,66)(H,54,67)(H,55,62)(H,56,63)(H,59,64)(H2,57,58,68)/t33-,36-,37?,38-,43?/m0/s1. The molecule has 0 spiro atoms. The normalized spacial score (nSPS) is 17.6. The van der Waals surface area contributed by atoms with Crippen LogP contribution in [0, 0.1) is 0 Å². The Balaban J connectivity index is 1.37. The largest absolute Gasteiger partial charge is 0.375 e. The Labute approximate surface area is 420 Å². The van der Waals surface area contributed by atoms with Gasteiger partial charge in [-0.3, -0.25) is 33.6 Å². The van der Waals surface area contributed by atoms with Gasteiger partial charge < -0.3 is 57.5 Å². The van der Waals surface area contributed by atoms with E-state index in [0.717, 1.165) is 56.6 Å². The molecule has 9 N–H and O–H groups in total. The van der Waals surface area contributed by atoms with Crippen molar-refractivity contribution in [2.45, 2.75) is 173 Å². The highest BCUT2D eigenvalue weighted by Gasteiger charge is 2.42. The van der Waals surface area contributed by atoms with Crippen molar-refractivity contribution >= 4 is 59.1 Å². The number of hydrogen-bond donors (Lipinski definition) is 9. The van der Waals surface area contributed by atoms with Crippen LogP contribution in [0.15, 0.2) is 24.3 Å². The minimum absolute atomic E-state index is 0.00106. The third-order valence-corrected chi connectivity index (χ3v) is 14.1. The van der Waals surface area contributed by atoms with Crippen molar-refractivity contribution in [2.75, 3.05) is 58.2 Å². The summed E-state index contributed by atoms with van der Waals surface area (Å²) >= 11 is 1.87. The zero-order valence-corrected chi connectivity index (χ0v) is 44.3. The van der Waals surface area contributed by atoms with Crippen molar-refractivity contribution in [1.82, 2.24) is 52.8 Å². The molecule has 70 heavy (non-hydrogen) atoms. The van der Waals surface area contributed by atoms with Gasteiger partial charge in [0.15, 0.2) is 0 Å². The minimum Gasteiger partial charge on any atom is -0.375 e. The second-order valence-electron chi connectivity index (χ2n) is 20.6. The summed E-state index contributed by atoms with van der Waals surface area (Å²) in [6.45, 7) is 21.7. The molecule has 2 fully saturated rings. The van der Waals surface area contributed by atoms with E-state index in [0.29, 0.717) is 56.1 Å². The van der Waals surface area contributed by atoms with Gasteiger partial charge in [0.25, 0.3) is 5.91 Å². The Morgan fingerprint density at radius 3 is 2.07 bits per heavy atom. The first-order valence-electron chi connectivity index (χ1n) is 25.1. The zero-order chi connectivity index (χ0) is 52.1. The van der Waals surface area contributed by atoms with Crippen molar-refractivity contribution in [2.24, 2.45) is 0 Å². The van der Waals surface area contributed by atoms with Gasteiger partial charge in [-0.2, -0.15) is 11.8 Å². The molecule has 394 valence electrons. The van der Waals surface area contributed by atoms with Crippen LogP contribution >= 0.6 is 11.8 Å². The van der Waals surface area contributed by atoms with Gasteiger partial charge in [0.05, 0.1) is 37.3 Å². The first-order chi connectivity index (χ1) is 32.9. The first kappa shape index (κ1) is 59.4. The number of rotatable bonds is 31. The number of nitrogens with one attached hydrogen (secondary N) is 9. The molecule has 2 aliphatic rings. The lowest BCUT2D eigenvalue weighted by Gasteiger charge is -2.30. The maximum absolute atomic E-state index is 13.4. The molecule has 2 unspecified atom stereocenters. The number of carbonyl (C=O) groups excluding carboxylic acids is 8. The Kier molecular flexibility index (Phi) is 24.4. The topological polar surface area (TPSA) is 257 Å². The fourth-order valence-corrected chi connectivity index (χ4v) is 9.64. The maximum atomic E-state index is 13.4. The van der Waals surface area contributed by atoms with Gasteiger partial charge in [-0.15, -0.1) is 0 Å². The lowest BCUT2D eigenvalue weighted by Crippen LogP contribution is -2.54. The molecule has 3 rings (SSSR count). The molecule has 5 atom stereocenters. The molecule has 20 heteroatoms. The molecule has 1 aromatic carbocycles. The Bertz CT molecular complexity index is 1900. The zero-order valence-electron chi connectivity index (χ0n) is 43.5. The monoisotopic (exact) mass is 1000 g/mol. The number of benzene rings is 1. The van der Waals surface area contributed by atoms with Crippen LogP contribution < -0.4 is 47.9 Å². The summed E-state index contributed by atoms with van der Waals surface area (Å²) in [6.07, 6.45) is 5.89. The number of amides is 9. The number of unbranched alkanes of at least 4 members (excludes halogenated alkanes) is 2. The van der Waals surface area contributed by atoms with E-state index in [1.807, 2.05) is 51.6 Å². The fourth-order valence-electron chi connectivity index (χ4n) is 8.10. The number of urea groups is 1. The van der Waals surface area contributed by atoms with Gasteiger partial charge >= 0.3 is 6.03 Å². The molecule has 9 amide bonds. The smallest absolute Gasteiger partial charge is 0.315 e. The average molecular weight is 1000 g/mol. The van der Waals surface area contributed by atoms with E-state index < -0.39 is 65.2 Å². The van der Waals surface area contributed by atoms with E-state index >= 15 is 0 Å². The summed E-state index contributed by atoms with van der Waals surface area (Å²) in [5.41, 5.74) is 0.177. The van der Waals surface area contributed by atoms with Crippen LogP contribution in [0.25, 0.3) is 0 Å². The highest BCUT2D eigenvalue weighted by atomic mass is 32.2.